The predicted octanol–water partition coefficient (Wildman–Crippen LogP) is 7.64. The average Bonchev–Trinajstić information content (AvgIpc) is 2.94. The minimum absolute atomic E-state index is 0.179. The van der Waals surface area contributed by atoms with Crippen LogP contribution in [-0.4, -0.2) is 56.8 Å². The molecule has 42 heavy (non-hydrogen) atoms. The summed E-state index contributed by atoms with van der Waals surface area (Å²) < 4.78 is 66.3. The number of rotatable bonds is 14. The highest BCUT2D eigenvalue weighted by Crippen LogP contribution is 2.26. The average molecular weight is 615 g/mol. The first-order valence-electron chi connectivity index (χ1n) is 14.7. The number of anilines is 1. The van der Waals surface area contributed by atoms with Gasteiger partial charge in [0, 0.05) is 32.4 Å². The predicted molar refractivity (Wildman–Crippen MR) is 159 cm³/mol. The van der Waals surface area contributed by atoms with Gasteiger partial charge in [-0.3, -0.25) is 4.79 Å². The number of carboxylic acids is 1. The summed E-state index contributed by atoms with van der Waals surface area (Å²) in [5.74, 6) is -1.45. The number of piperidine rings is 1. The molecule has 1 fully saturated rings. The van der Waals surface area contributed by atoms with Gasteiger partial charge in [-0.05, 0) is 62.6 Å². The van der Waals surface area contributed by atoms with Gasteiger partial charge >= 0.3 is 12.3 Å². The number of halogens is 3. The van der Waals surface area contributed by atoms with E-state index in [9.17, 15) is 26.4 Å². The van der Waals surface area contributed by atoms with E-state index in [1.54, 1.807) is 36.4 Å². The highest BCUT2D eigenvalue weighted by Gasteiger charge is 2.32. The van der Waals surface area contributed by atoms with Crippen molar-refractivity contribution >= 4 is 21.7 Å². The summed E-state index contributed by atoms with van der Waals surface area (Å²) in [5, 5.41) is 8.91. The van der Waals surface area contributed by atoms with Crippen molar-refractivity contribution in [3.8, 4) is 5.75 Å². The summed E-state index contributed by atoms with van der Waals surface area (Å²) in [6.07, 6.45) is 6.24. The Morgan fingerprint density at radius 1 is 0.929 bits per heavy atom. The molecule has 2 aromatic carbocycles. The molecule has 0 saturated carbocycles. The third kappa shape index (κ3) is 12.6. The van der Waals surface area contributed by atoms with Crippen LogP contribution in [0.3, 0.4) is 0 Å². The number of nitrogens with zero attached hydrogens (tertiary/aromatic N) is 2. The summed E-state index contributed by atoms with van der Waals surface area (Å²) >= 11 is 0. The van der Waals surface area contributed by atoms with Crippen LogP contribution < -0.4 is 9.64 Å². The van der Waals surface area contributed by atoms with Crippen molar-refractivity contribution in [1.82, 2.24) is 4.31 Å². The number of alkyl halides is 3. The number of hydrogen-bond acceptors (Lipinski definition) is 5. The minimum atomic E-state index is -4.63. The standard InChI is InChI=1S/C18H28F3NO.C13H17NO4S/c1-3-4-5-6-7-8-9-10-15-22(2)16-11-13-17(14-12-16)23-18(19,20)21;1-10-2-4-12(5-3-10)19(17,18)14-8-6-11(7-9-14)13(15)16/h11-14H,3-10,15H2,1-2H3;2-5,11H,6-9H2,1H3,(H,15,16). The molecule has 1 N–H and O–H groups in total. The molecule has 236 valence electrons. The lowest BCUT2D eigenvalue weighted by Crippen LogP contribution is -2.40. The van der Waals surface area contributed by atoms with Gasteiger partial charge in [0.1, 0.15) is 5.75 Å². The Morgan fingerprint density at radius 2 is 1.45 bits per heavy atom. The van der Waals surface area contributed by atoms with Crippen LogP contribution in [0.15, 0.2) is 53.4 Å². The highest BCUT2D eigenvalue weighted by atomic mass is 32.2. The molecule has 0 bridgehead atoms. The largest absolute Gasteiger partial charge is 0.573 e. The molecular weight excluding hydrogens is 569 g/mol. The van der Waals surface area contributed by atoms with Crippen LogP contribution in [0.4, 0.5) is 18.9 Å². The quantitative estimate of drug-likeness (QED) is 0.220. The maximum absolute atomic E-state index is 12.4. The lowest BCUT2D eigenvalue weighted by atomic mass is 9.99. The number of benzene rings is 2. The lowest BCUT2D eigenvalue weighted by molar-refractivity contribution is -0.274. The fourth-order valence-corrected chi connectivity index (χ4v) is 6.19. The van der Waals surface area contributed by atoms with Gasteiger partial charge in [-0.1, -0.05) is 69.6 Å². The molecule has 2 aromatic rings. The molecule has 0 spiro atoms. The summed E-state index contributed by atoms with van der Waals surface area (Å²) in [7, 11) is -1.53. The van der Waals surface area contributed by atoms with E-state index in [4.69, 9.17) is 5.11 Å². The van der Waals surface area contributed by atoms with Crippen LogP contribution in [0.25, 0.3) is 0 Å². The van der Waals surface area contributed by atoms with E-state index in [0.29, 0.717) is 12.8 Å². The van der Waals surface area contributed by atoms with Crippen molar-refractivity contribution in [1.29, 1.82) is 0 Å². The monoisotopic (exact) mass is 614 g/mol. The normalized spacial score (nSPS) is 14.6. The van der Waals surface area contributed by atoms with Crippen molar-refractivity contribution in [3.63, 3.8) is 0 Å². The number of carboxylic acid groups (broad SMARTS) is 1. The van der Waals surface area contributed by atoms with Crippen LogP contribution in [-0.2, 0) is 14.8 Å². The van der Waals surface area contributed by atoms with Gasteiger partial charge in [0.05, 0.1) is 10.8 Å². The minimum Gasteiger partial charge on any atom is -0.481 e. The number of carbonyl (C=O) groups is 1. The van der Waals surface area contributed by atoms with E-state index in [2.05, 4.69) is 16.6 Å². The van der Waals surface area contributed by atoms with Crippen molar-refractivity contribution < 1.29 is 36.2 Å². The van der Waals surface area contributed by atoms with E-state index < -0.39 is 28.3 Å². The fraction of sp³-hybridized carbons (Fsp3) is 0.581. The van der Waals surface area contributed by atoms with E-state index in [1.807, 2.05) is 14.0 Å². The first-order valence-corrected chi connectivity index (χ1v) is 16.1. The Labute approximate surface area is 248 Å². The zero-order valence-electron chi connectivity index (χ0n) is 24.9. The topological polar surface area (TPSA) is 87.2 Å². The Bertz CT molecular complexity index is 1160. The van der Waals surface area contributed by atoms with Gasteiger partial charge in [0.25, 0.3) is 0 Å². The van der Waals surface area contributed by atoms with Crippen LogP contribution in [0.5, 0.6) is 5.75 Å². The molecule has 1 saturated heterocycles. The van der Waals surface area contributed by atoms with Crippen molar-refractivity contribution in [3.05, 3.63) is 54.1 Å². The SMILES string of the molecule is CCCCCCCCCCN(C)c1ccc(OC(F)(F)F)cc1.Cc1ccc(S(=O)(=O)N2CCC(C(=O)O)CC2)cc1. The lowest BCUT2D eigenvalue weighted by Gasteiger charge is -2.29. The first kappa shape index (κ1) is 35.4. The molecule has 0 aliphatic carbocycles. The van der Waals surface area contributed by atoms with Crippen LogP contribution in [0.1, 0.15) is 76.7 Å². The summed E-state index contributed by atoms with van der Waals surface area (Å²) in [6, 6.07) is 12.7. The summed E-state index contributed by atoms with van der Waals surface area (Å²) in [6.45, 7) is 5.57. The first-order chi connectivity index (χ1) is 19.8. The molecule has 0 atom stereocenters. The van der Waals surface area contributed by atoms with E-state index >= 15 is 0 Å². The number of hydrogen-bond donors (Lipinski definition) is 1. The summed E-state index contributed by atoms with van der Waals surface area (Å²) in [4.78, 5) is 13.2. The van der Waals surface area contributed by atoms with Gasteiger partial charge in [-0.2, -0.15) is 4.31 Å². The number of aliphatic carboxylic acids is 1. The molecule has 0 unspecified atom stereocenters. The van der Waals surface area contributed by atoms with Crippen molar-refractivity contribution in [2.75, 3.05) is 31.6 Å². The second kappa shape index (κ2) is 17.4. The van der Waals surface area contributed by atoms with Crippen LogP contribution in [0, 0.1) is 12.8 Å². The van der Waals surface area contributed by atoms with Gasteiger partial charge < -0.3 is 14.7 Å². The zero-order chi connectivity index (χ0) is 31.2. The molecule has 3 rings (SSSR count). The maximum atomic E-state index is 12.4. The van der Waals surface area contributed by atoms with E-state index in [-0.39, 0.29) is 23.7 Å². The Hall–Kier alpha value is -2.79. The number of sulfonamides is 1. The molecule has 0 aromatic heterocycles. The molecular formula is C31H45F3N2O5S. The molecule has 0 amide bonds. The Balaban J connectivity index is 0.000000298. The molecule has 1 heterocycles. The third-order valence-electron chi connectivity index (χ3n) is 7.32. The van der Waals surface area contributed by atoms with Gasteiger partial charge in [-0.25, -0.2) is 8.42 Å². The highest BCUT2D eigenvalue weighted by molar-refractivity contribution is 7.89. The number of aryl methyl sites for hydroxylation is 1. The zero-order valence-corrected chi connectivity index (χ0v) is 25.7. The molecule has 0 radical (unpaired) electrons. The number of ether oxygens (including phenoxy) is 1. The van der Waals surface area contributed by atoms with Crippen molar-refractivity contribution in [2.24, 2.45) is 5.92 Å². The van der Waals surface area contributed by atoms with Gasteiger partial charge in [0.15, 0.2) is 0 Å². The fourth-order valence-electron chi connectivity index (χ4n) is 4.72. The second-order valence-corrected chi connectivity index (χ2v) is 12.7. The van der Waals surface area contributed by atoms with Crippen LogP contribution >= 0.6 is 0 Å². The number of unbranched alkanes of at least 4 members (excludes halogenated alkanes) is 7. The molecule has 11 heteroatoms. The van der Waals surface area contributed by atoms with Gasteiger partial charge in [-0.15, -0.1) is 13.2 Å². The Kier molecular flexibility index (Phi) is 14.6. The Morgan fingerprint density at radius 3 is 1.95 bits per heavy atom. The van der Waals surface area contributed by atoms with E-state index in [0.717, 1.165) is 24.2 Å². The third-order valence-corrected chi connectivity index (χ3v) is 9.23. The molecule has 1 aliphatic rings. The summed E-state index contributed by atoms with van der Waals surface area (Å²) in [5.41, 5.74) is 1.91. The maximum Gasteiger partial charge on any atom is 0.573 e. The van der Waals surface area contributed by atoms with Crippen LogP contribution in [0.2, 0.25) is 0 Å². The van der Waals surface area contributed by atoms with E-state index in [1.165, 1.54) is 61.4 Å². The second-order valence-electron chi connectivity index (χ2n) is 10.8. The smallest absolute Gasteiger partial charge is 0.481 e. The molecule has 1 aliphatic heterocycles. The molecule has 7 nitrogen and oxygen atoms in total. The van der Waals surface area contributed by atoms with Gasteiger partial charge in [0.2, 0.25) is 10.0 Å². The van der Waals surface area contributed by atoms with Crippen molar-refractivity contribution in [2.45, 2.75) is 89.3 Å².